The van der Waals surface area contributed by atoms with Gasteiger partial charge in [0, 0.05) is 6.61 Å². The molecular weight excluding hydrogens is 478 g/mol. The van der Waals surface area contributed by atoms with E-state index >= 15 is 0 Å². The zero-order valence-corrected chi connectivity index (χ0v) is 24.3. The summed E-state index contributed by atoms with van der Waals surface area (Å²) in [5.74, 6) is 0. The molecule has 0 amide bonds. The van der Waals surface area contributed by atoms with E-state index in [2.05, 4.69) is 28.1 Å². The van der Waals surface area contributed by atoms with Crippen molar-refractivity contribution in [2.45, 2.75) is 135 Å². The van der Waals surface area contributed by atoms with E-state index in [9.17, 15) is 0 Å². The van der Waals surface area contributed by atoms with Crippen LogP contribution in [0.5, 0.6) is 0 Å². The Balaban J connectivity index is 0.0000102. The van der Waals surface area contributed by atoms with Crippen molar-refractivity contribution in [3.63, 3.8) is 0 Å². The molecule has 200 valence electrons. The summed E-state index contributed by atoms with van der Waals surface area (Å²) < 4.78 is 18.6. The lowest BCUT2D eigenvalue weighted by Crippen LogP contribution is -3.00. The maximum absolute atomic E-state index is 5.99. The summed E-state index contributed by atoms with van der Waals surface area (Å²) >= 11 is 0. The fraction of sp³-hybridized carbons (Fsp3) is 1.00. The average molecular weight is 537 g/mol. The smallest absolute Gasteiger partial charge is 0.158 e. The third-order valence-corrected chi connectivity index (χ3v) is 6.53. The lowest BCUT2D eigenvalue weighted by Gasteiger charge is -2.23. The summed E-state index contributed by atoms with van der Waals surface area (Å²) in [5, 5.41) is 0. The van der Waals surface area contributed by atoms with E-state index in [1.165, 1.54) is 109 Å². The Morgan fingerprint density at radius 3 is 1.73 bits per heavy atom. The van der Waals surface area contributed by atoms with E-state index in [0.717, 1.165) is 23.9 Å². The molecule has 1 heterocycles. The number of quaternary nitrogens is 1. The molecule has 1 saturated heterocycles. The average Bonchev–Trinajstić information content (AvgIpc) is 3.20. The minimum Gasteiger partial charge on any atom is -1.00 e. The molecular formula is C28H58BrNO3. The fourth-order valence-electron chi connectivity index (χ4n) is 4.43. The van der Waals surface area contributed by atoms with Gasteiger partial charge >= 0.3 is 0 Å². The van der Waals surface area contributed by atoms with Crippen LogP contribution in [0.3, 0.4) is 0 Å². The number of unbranched alkanes of at least 4 members (excludes halogenated alkanes) is 15. The maximum atomic E-state index is 5.99. The number of hydrogen-bond acceptors (Lipinski definition) is 3. The number of rotatable bonds is 23. The van der Waals surface area contributed by atoms with Gasteiger partial charge < -0.3 is 35.7 Å². The second-order valence-corrected chi connectivity index (χ2v) is 11.1. The predicted octanol–water partition coefficient (Wildman–Crippen LogP) is 4.50. The summed E-state index contributed by atoms with van der Waals surface area (Å²) in [6.45, 7) is 5.71. The van der Waals surface area contributed by atoms with Gasteiger partial charge in [-0.15, -0.1) is 0 Å². The van der Waals surface area contributed by atoms with Crippen molar-refractivity contribution in [2.24, 2.45) is 0 Å². The van der Waals surface area contributed by atoms with Crippen LogP contribution in [-0.2, 0) is 14.2 Å². The van der Waals surface area contributed by atoms with Gasteiger partial charge in [-0.1, -0.05) is 96.8 Å². The first kappa shape index (κ1) is 33.3. The van der Waals surface area contributed by atoms with Crippen molar-refractivity contribution in [1.29, 1.82) is 0 Å². The highest BCUT2D eigenvalue weighted by Crippen LogP contribution is 2.19. The highest BCUT2D eigenvalue weighted by molar-refractivity contribution is 4.65. The molecule has 1 aliphatic rings. The maximum Gasteiger partial charge on any atom is 0.158 e. The third-order valence-electron chi connectivity index (χ3n) is 6.53. The first-order valence-electron chi connectivity index (χ1n) is 14.2. The minimum atomic E-state index is 0. The SMILES string of the molecule is CCCCCCCCCCCCCCCCCC1OCC(COCCCC[N+](C)(C)C)O1.[Br-]. The second kappa shape index (κ2) is 22.8. The largest absolute Gasteiger partial charge is 1.00 e. The zero-order valence-electron chi connectivity index (χ0n) is 22.8. The van der Waals surface area contributed by atoms with Gasteiger partial charge in [-0.3, -0.25) is 0 Å². The molecule has 0 spiro atoms. The van der Waals surface area contributed by atoms with Gasteiger partial charge in [-0.2, -0.15) is 0 Å². The van der Waals surface area contributed by atoms with Crippen molar-refractivity contribution < 1.29 is 35.7 Å². The van der Waals surface area contributed by atoms with Crippen LogP contribution >= 0.6 is 0 Å². The van der Waals surface area contributed by atoms with Crippen LogP contribution in [-0.4, -0.2) is 64.4 Å². The van der Waals surface area contributed by atoms with Crippen LogP contribution in [0.2, 0.25) is 0 Å². The van der Waals surface area contributed by atoms with Gasteiger partial charge in [-0.25, -0.2) is 0 Å². The molecule has 1 fully saturated rings. The molecule has 0 aromatic rings. The molecule has 0 aromatic heterocycles. The molecule has 0 aromatic carbocycles. The molecule has 5 heteroatoms. The summed E-state index contributed by atoms with van der Waals surface area (Å²) in [6, 6.07) is 0. The van der Waals surface area contributed by atoms with Crippen LogP contribution < -0.4 is 17.0 Å². The molecule has 0 bridgehead atoms. The summed E-state index contributed by atoms with van der Waals surface area (Å²) in [4.78, 5) is 0. The molecule has 1 aliphatic heterocycles. The molecule has 2 unspecified atom stereocenters. The van der Waals surface area contributed by atoms with Crippen LogP contribution in [0.4, 0.5) is 0 Å². The monoisotopic (exact) mass is 535 g/mol. The standard InChI is InChI=1S/C28H58NO3.BrH/c1-5-6-7-8-9-10-11-12-13-14-15-16-17-18-19-22-28-31-26-27(32-28)25-30-24-21-20-23-29(2,3)4;/h27-28H,5-26H2,1-4H3;1H/q+1;/p-1. The highest BCUT2D eigenvalue weighted by Gasteiger charge is 2.25. The van der Waals surface area contributed by atoms with E-state index in [-0.39, 0.29) is 29.4 Å². The Morgan fingerprint density at radius 1 is 0.697 bits per heavy atom. The second-order valence-electron chi connectivity index (χ2n) is 11.1. The van der Waals surface area contributed by atoms with E-state index in [0.29, 0.717) is 13.2 Å². The van der Waals surface area contributed by atoms with Gasteiger partial charge in [0.05, 0.1) is 40.9 Å². The van der Waals surface area contributed by atoms with Crippen molar-refractivity contribution in [3.8, 4) is 0 Å². The predicted molar refractivity (Wildman–Crippen MR) is 137 cm³/mol. The Morgan fingerprint density at radius 2 is 1.21 bits per heavy atom. The van der Waals surface area contributed by atoms with Gasteiger partial charge in [0.1, 0.15) is 6.10 Å². The third kappa shape index (κ3) is 22.5. The van der Waals surface area contributed by atoms with Crippen molar-refractivity contribution in [1.82, 2.24) is 0 Å². The fourth-order valence-corrected chi connectivity index (χ4v) is 4.43. The van der Waals surface area contributed by atoms with E-state index in [4.69, 9.17) is 14.2 Å². The van der Waals surface area contributed by atoms with Gasteiger partial charge in [0.25, 0.3) is 0 Å². The quantitative estimate of drug-likeness (QED) is 0.142. The Labute approximate surface area is 217 Å². The van der Waals surface area contributed by atoms with E-state index < -0.39 is 0 Å². The van der Waals surface area contributed by atoms with Crippen LogP contribution in [0.15, 0.2) is 0 Å². The van der Waals surface area contributed by atoms with Crippen molar-refractivity contribution in [3.05, 3.63) is 0 Å². The Kier molecular flexibility index (Phi) is 23.0. The lowest BCUT2D eigenvalue weighted by atomic mass is 10.0. The van der Waals surface area contributed by atoms with E-state index in [1.807, 2.05) is 0 Å². The first-order valence-corrected chi connectivity index (χ1v) is 14.2. The lowest BCUT2D eigenvalue weighted by molar-refractivity contribution is -0.870. The van der Waals surface area contributed by atoms with Crippen LogP contribution in [0.1, 0.15) is 122 Å². The highest BCUT2D eigenvalue weighted by atomic mass is 79.9. The van der Waals surface area contributed by atoms with E-state index in [1.54, 1.807) is 0 Å². The molecule has 2 atom stereocenters. The molecule has 0 N–H and O–H groups in total. The van der Waals surface area contributed by atoms with Gasteiger partial charge in [0.2, 0.25) is 0 Å². The number of halogens is 1. The number of ether oxygens (including phenoxy) is 3. The molecule has 4 nitrogen and oxygen atoms in total. The Bertz CT molecular complexity index is 403. The first-order chi connectivity index (χ1) is 15.5. The number of nitrogens with zero attached hydrogens (tertiary/aromatic N) is 1. The van der Waals surface area contributed by atoms with Crippen molar-refractivity contribution >= 4 is 0 Å². The van der Waals surface area contributed by atoms with Gasteiger partial charge in [0.15, 0.2) is 6.29 Å². The topological polar surface area (TPSA) is 27.7 Å². The molecule has 33 heavy (non-hydrogen) atoms. The molecule has 0 radical (unpaired) electrons. The minimum absolute atomic E-state index is 0. The summed E-state index contributed by atoms with van der Waals surface area (Å²) in [5.41, 5.74) is 0. The van der Waals surface area contributed by atoms with Crippen LogP contribution in [0.25, 0.3) is 0 Å². The Hall–Kier alpha value is 0.320. The zero-order chi connectivity index (χ0) is 23.3. The van der Waals surface area contributed by atoms with Crippen molar-refractivity contribution in [2.75, 3.05) is 47.5 Å². The molecule has 1 rings (SSSR count). The normalized spacial score (nSPS) is 18.5. The van der Waals surface area contributed by atoms with Gasteiger partial charge in [-0.05, 0) is 25.7 Å². The molecule has 0 saturated carbocycles. The molecule has 0 aliphatic carbocycles. The number of hydrogen-bond donors (Lipinski definition) is 0. The summed E-state index contributed by atoms with van der Waals surface area (Å²) in [6.07, 6.45) is 24.6. The summed E-state index contributed by atoms with van der Waals surface area (Å²) in [7, 11) is 6.72. The van der Waals surface area contributed by atoms with Crippen LogP contribution in [0, 0.1) is 0 Å².